The highest BCUT2D eigenvalue weighted by molar-refractivity contribution is 5.99. The quantitative estimate of drug-likeness (QED) is 0.651. The Kier molecular flexibility index (Phi) is 6.29. The second kappa shape index (κ2) is 8.78. The van der Waals surface area contributed by atoms with Crippen molar-refractivity contribution in [1.29, 1.82) is 0 Å². The molecule has 0 bridgehead atoms. The minimum absolute atomic E-state index is 0.0295. The zero-order valence-electron chi connectivity index (χ0n) is 19.6. The van der Waals surface area contributed by atoms with Crippen molar-refractivity contribution in [3.8, 4) is 5.75 Å². The number of carbonyl (C=O) groups excluding carboxylic acids is 2. The highest BCUT2D eigenvalue weighted by atomic mass is 19.4. The summed E-state index contributed by atoms with van der Waals surface area (Å²) < 4.78 is 45.3. The molecule has 2 heterocycles. The molecule has 7 nitrogen and oxygen atoms in total. The van der Waals surface area contributed by atoms with Gasteiger partial charge in [0.05, 0.1) is 18.0 Å². The number of ether oxygens (including phenoxy) is 1. The highest BCUT2D eigenvalue weighted by Crippen LogP contribution is 2.48. The van der Waals surface area contributed by atoms with Crippen LogP contribution in [0, 0.1) is 17.8 Å². The normalized spacial score (nSPS) is 30.2. The van der Waals surface area contributed by atoms with Crippen molar-refractivity contribution in [2.24, 2.45) is 28.5 Å². The Morgan fingerprint density at radius 2 is 1.97 bits per heavy atom. The van der Waals surface area contributed by atoms with Crippen molar-refractivity contribution in [2.45, 2.75) is 70.3 Å². The highest BCUT2D eigenvalue weighted by Gasteiger charge is 2.54. The molecule has 1 aromatic rings. The van der Waals surface area contributed by atoms with Gasteiger partial charge in [-0.05, 0) is 30.7 Å². The average Bonchev–Trinajstić information content (AvgIpc) is 3.44. The molecule has 3 N–H and O–H groups in total. The lowest BCUT2D eigenvalue weighted by atomic mass is 9.88. The number of nitrogens with two attached hydrogens (primary N) is 1. The number of aliphatic imine (C=N–C) groups is 1. The molecule has 2 unspecified atom stereocenters. The lowest BCUT2D eigenvalue weighted by molar-refractivity contribution is -0.201. The zero-order valence-corrected chi connectivity index (χ0v) is 19.6. The molecule has 1 saturated carbocycles. The van der Waals surface area contributed by atoms with Crippen LogP contribution in [0.5, 0.6) is 5.75 Å². The van der Waals surface area contributed by atoms with E-state index in [-0.39, 0.29) is 48.3 Å². The Morgan fingerprint density at radius 3 is 2.59 bits per heavy atom. The fourth-order valence-corrected chi connectivity index (χ4v) is 5.19. The Bertz CT molecular complexity index is 992. The molecule has 1 aromatic carbocycles. The van der Waals surface area contributed by atoms with Gasteiger partial charge >= 0.3 is 6.18 Å². The summed E-state index contributed by atoms with van der Waals surface area (Å²) in [6.45, 7) is 6.12. The molecule has 2 amide bonds. The summed E-state index contributed by atoms with van der Waals surface area (Å²) >= 11 is 0. The molecule has 1 fully saturated rings. The van der Waals surface area contributed by atoms with Gasteiger partial charge in [0.1, 0.15) is 5.75 Å². The molecule has 0 saturated heterocycles. The fourth-order valence-electron chi connectivity index (χ4n) is 5.19. The second-order valence-corrected chi connectivity index (χ2v) is 9.61. The van der Waals surface area contributed by atoms with Crippen molar-refractivity contribution in [3.63, 3.8) is 0 Å². The number of guanidine groups is 1. The van der Waals surface area contributed by atoms with Crippen LogP contribution >= 0.6 is 0 Å². The summed E-state index contributed by atoms with van der Waals surface area (Å²) in [5.74, 6) is -0.717. The first-order valence-electron chi connectivity index (χ1n) is 11.8. The summed E-state index contributed by atoms with van der Waals surface area (Å²) in [6.07, 6.45) is -5.22. The van der Waals surface area contributed by atoms with Gasteiger partial charge in [0.15, 0.2) is 12.1 Å². The van der Waals surface area contributed by atoms with Gasteiger partial charge in [-0.2, -0.15) is 13.2 Å². The Hall–Kier alpha value is -2.78. The van der Waals surface area contributed by atoms with Gasteiger partial charge in [0.2, 0.25) is 11.8 Å². The van der Waals surface area contributed by atoms with Crippen LogP contribution in [0.3, 0.4) is 0 Å². The van der Waals surface area contributed by atoms with E-state index in [9.17, 15) is 22.8 Å². The molecular formula is C24H31F3N4O3. The predicted octanol–water partition coefficient (Wildman–Crippen LogP) is 3.55. The number of halogens is 3. The molecule has 5 atom stereocenters. The van der Waals surface area contributed by atoms with E-state index in [1.54, 1.807) is 18.2 Å². The third-order valence-electron chi connectivity index (χ3n) is 7.68. The molecule has 34 heavy (non-hydrogen) atoms. The van der Waals surface area contributed by atoms with Crippen LogP contribution in [0.1, 0.15) is 58.1 Å². The summed E-state index contributed by atoms with van der Waals surface area (Å²) in [5, 5.41) is 2.81. The van der Waals surface area contributed by atoms with Crippen LogP contribution in [-0.2, 0) is 9.59 Å². The van der Waals surface area contributed by atoms with Gasteiger partial charge in [0.25, 0.3) is 0 Å². The van der Waals surface area contributed by atoms with E-state index in [2.05, 4.69) is 10.3 Å². The van der Waals surface area contributed by atoms with Crippen LogP contribution in [0.15, 0.2) is 29.3 Å². The van der Waals surface area contributed by atoms with E-state index in [4.69, 9.17) is 10.5 Å². The maximum Gasteiger partial charge on any atom is 0.425 e. The lowest BCUT2D eigenvalue weighted by Gasteiger charge is -2.36. The number of rotatable bonds is 6. The number of benzene rings is 1. The Balaban J connectivity index is 1.44. The maximum atomic E-state index is 13.4. The summed E-state index contributed by atoms with van der Waals surface area (Å²) in [5.41, 5.74) is 6.18. The minimum Gasteiger partial charge on any atom is -0.480 e. The molecule has 10 heteroatoms. The molecule has 3 aliphatic rings. The summed E-state index contributed by atoms with van der Waals surface area (Å²) in [7, 11) is 0. The van der Waals surface area contributed by atoms with E-state index in [1.165, 1.54) is 11.0 Å². The molecule has 0 spiro atoms. The maximum absolute atomic E-state index is 13.4. The molecule has 0 aromatic heterocycles. The van der Waals surface area contributed by atoms with Crippen LogP contribution in [0.4, 0.5) is 13.2 Å². The first kappa shape index (κ1) is 24.3. The van der Waals surface area contributed by atoms with Crippen molar-refractivity contribution in [2.75, 3.05) is 6.54 Å². The van der Waals surface area contributed by atoms with E-state index < -0.39 is 36.2 Å². The number of nitrogens with one attached hydrogen (secondary N) is 1. The Labute approximate surface area is 196 Å². The second-order valence-electron chi connectivity index (χ2n) is 9.61. The summed E-state index contributed by atoms with van der Waals surface area (Å²) in [4.78, 5) is 31.9. The van der Waals surface area contributed by atoms with Crippen molar-refractivity contribution >= 4 is 17.8 Å². The predicted molar refractivity (Wildman–Crippen MR) is 120 cm³/mol. The molecule has 2 aliphatic heterocycles. The zero-order chi connectivity index (χ0) is 24.8. The number of amides is 2. The smallest absolute Gasteiger partial charge is 0.425 e. The van der Waals surface area contributed by atoms with Crippen LogP contribution < -0.4 is 15.8 Å². The van der Waals surface area contributed by atoms with Crippen molar-refractivity contribution < 1.29 is 27.5 Å². The number of fused-ring (bicyclic) bond motifs is 1. The van der Waals surface area contributed by atoms with Gasteiger partial charge in [0, 0.05) is 24.4 Å². The standard InChI is InChI=1S/C24H31F3N4O3/c1-4-23(5-2)11-19(32)31(22(28)30-23)12-15-13(3)20(15)21(33)29-16-10-18(24(25,26)27)34-17-9-7-6-8-14(16)17/h6-9,13,15-16,18,20H,4-5,10-12H2,1-3H3,(H2,28,30)(H,29,33)/t13?,15?,16-,18+,20+/m0/s1. The average molecular weight is 481 g/mol. The SMILES string of the molecule is CCC1(CC)CC(=O)N(CC2C(C)[C@H]2C(=O)N[C@H]2C[C@H](C(F)(F)F)Oc3ccccc32)C(N)=N1. The molecule has 186 valence electrons. The summed E-state index contributed by atoms with van der Waals surface area (Å²) in [6, 6.07) is 5.64. The van der Waals surface area contributed by atoms with Gasteiger partial charge in [-0.1, -0.05) is 39.0 Å². The van der Waals surface area contributed by atoms with Crippen LogP contribution in [0.25, 0.3) is 0 Å². The first-order chi connectivity index (χ1) is 16.0. The molecular weight excluding hydrogens is 449 g/mol. The monoisotopic (exact) mass is 480 g/mol. The molecule has 4 rings (SSSR count). The third-order valence-corrected chi connectivity index (χ3v) is 7.68. The molecule has 0 radical (unpaired) electrons. The number of nitrogens with zero attached hydrogens (tertiary/aromatic N) is 2. The van der Waals surface area contributed by atoms with Crippen LogP contribution in [-0.4, -0.2) is 47.0 Å². The van der Waals surface area contributed by atoms with E-state index >= 15 is 0 Å². The number of hydrogen-bond acceptors (Lipinski definition) is 5. The van der Waals surface area contributed by atoms with Gasteiger partial charge in [-0.25, -0.2) is 4.99 Å². The van der Waals surface area contributed by atoms with Gasteiger partial charge < -0.3 is 15.8 Å². The van der Waals surface area contributed by atoms with Crippen molar-refractivity contribution in [1.82, 2.24) is 10.2 Å². The fraction of sp³-hybridized carbons (Fsp3) is 0.625. The van der Waals surface area contributed by atoms with E-state index in [1.807, 2.05) is 20.8 Å². The van der Waals surface area contributed by atoms with Gasteiger partial charge in [-0.3, -0.25) is 14.5 Å². The third kappa shape index (κ3) is 4.46. The topological polar surface area (TPSA) is 97.0 Å². The van der Waals surface area contributed by atoms with E-state index in [0.29, 0.717) is 18.4 Å². The number of alkyl halides is 3. The minimum atomic E-state index is -4.54. The largest absolute Gasteiger partial charge is 0.480 e. The first-order valence-corrected chi connectivity index (χ1v) is 11.8. The Morgan fingerprint density at radius 1 is 1.29 bits per heavy atom. The van der Waals surface area contributed by atoms with Gasteiger partial charge in [-0.15, -0.1) is 0 Å². The molecule has 1 aliphatic carbocycles. The van der Waals surface area contributed by atoms with E-state index in [0.717, 1.165) is 0 Å². The number of para-hydroxylation sites is 1. The van der Waals surface area contributed by atoms with Crippen LogP contribution in [0.2, 0.25) is 0 Å². The van der Waals surface area contributed by atoms with Crippen molar-refractivity contribution in [3.05, 3.63) is 29.8 Å². The number of carbonyl (C=O) groups is 2. The number of hydrogen-bond donors (Lipinski definition) is 2. The lowest BCUT2D eigenvalue weighted by Crippen LogP contribution is -2.52.